The molecule has 16 heavy (non-hydrogen) atoms. The second-order valence-electron chi connectivity index (χ2n) is 4.84. The van der Waals surface area contributed by atoms with Crippen molar-refractivity contribution < 1.29 is 0 Å². The van der Waals surface area contributed by atoms with Crippen LogP contribution < -0.4 is 5.73 Å². The predicted octanol–water partition coefficient (Wildman–Crippen LogP) is 3.35. The van der Waals surface area contributed by atoms with Crippen LogP contribution in [-0.4, -0.2) is 10.5 Å². The van der Waals surface area contributed by atoms with E-state index in [0.29, 0.717) is 0 Å². The molecule has 1 aromatic heterocycles. The molecule has 84 valence electrons. The summed E-state index contributed by atoms with van der Waals surface area (Å²) in [7, 11) is 0. The van der Waals surface area contributed by atoms with Gasteiger partial charge in [0.05, 0.1) is 0 Å². The molecule has 1 aliphatic carbocycles. The Morgan fingerprint density at radius 1 is 1.38 bits per heavy atom. The van der Waals surface area contributed by atoms with E-state index in [1.54, 1.807) is 0 Å². The van der Waals surface area contributed by atoms with Gasteiger partial charge in [-0.1, -0.05) is 18.2 Å². The van der Waals surface area contributed by atoms with Crippen molar-refractivity contribution in [2.45, 2.75) is 31.2 Å². The van der Waals surface area contributed by atoms with E-state index in [0.717, 1.165) is 17.3 Å². The smallest absolute Gasteiger partial charge is 0.0498 e. The van der Waals surface area contributed by atoms with Crippen molar-refractivity contribution in [3.05, 3.63) is 34.4 Å². The van der Waals surface area contributed by atoms with Crippen LogP contribution in [0.2, 0.25) is 0 Å². The number of halogens is 1. The van der Waals surface area contributed by atoms with Gasteiger partial charge in [-0.2, -0.15) is 0 Å². The fourth-order valence-corrected chi connectivity index (χ4v) is 2.63. The highest BCUT2D eigenvalue weighted by atomic mass is 79.9. The first kappa shape index (κ1) is 10.4. The Bertz CT molecular complexity index is 526. The fourth-order valence-electron chi connectivity index (χ4n) is 2.19. The van der Waals surface area contributed by atoms with Crippen molar-refractivity contribution in [1.29, 1.82) is 0 Å². The number of hydrogen-bond acceptors (Lipinski definition) is 1. The van der Waals surface area contributed by atoms with E-state index in [2.05, 4.69) is 39.1 Å². The maximum atomic E-state index is 6.12. The number of nitrogens with two attached hydrogens (primary N) is 1. The third kappa shape index (κ3) is 1.78. The summed E-state index contributed by atoms with van der Waals surface area (Å²) in [6.45, 7) is 0. The molecular weight excluding hydrogens is 264 g/mol. The van der Waals surface area contributed by atoms with Gasteiger partial charge in [0, 0.05) is 27.1 Å². The number of H-pyrrole nitrogens is 1. The lowest BCUT2D eigenvalue weighted by molar-refractivity contribution is 0.610. The van der Waals surface area contributed by atoms with Crippen molar-refractivity contribution in [2.75, 3.05) is 0 Å². The summed E-state index contributed by atoms with van der Waals surface area (Å²) in [4.78, 5) is 3.33. The molecule has 1 saturated carbocycles. The molecule has 3 rings (SSSR count). The number of aromatic nitrogens is 1. The van der Waals surface area contributed by atoms with E-state index in [4.69, 9.17) is 5.73 Å². The highest BCUT2D eigenvalue weighted by molar-refractivity contribution is 9.10. The lowest BCUT2D eigenvalue weighted by Crippen LogP contribution is -2.22. The Morgan fingerprint density at radius 2 is 2.19 bits per heavy atom. The molecule has 0 bridgehead atoms. The van der Waals surface area contributed by atoms with Crippen molar-refractivity contribution in [2.24, 2.45) is 5.73 Å². The topological polar surface area (TPSA) is 41.8 Å². The minimum atomic E-state index is 0.145. The van der Waals surface area contributed by atoms with Crippen LogP contribution in [0.1, 0.15) is 24.8 Å². The molecule has 0 amide bonds. The highest BCUT2D eigenvalue weighted by Gasteiger charge is 2.37. The van der Waals surface area contributed by atoms with Gasteiger partial charge in [0.25, 0.3) is 0 Å². The van der Waals surface area contributed by atoms with Gasteiger partial charge < -0.3 is 10.7 Å². The van der Waals surface area contributed by atoms with Crippen LogP contribution in [0.15, 0.2) is 28.9 Å². The molecule has 0 saturated heterocycles. The summed E-state index contributed by atoms with van der Waals surface area (Å²) in [5.74, 6) is 0. The van der Waals surface area contributed by atoms with E-state index < -0.39 is 0 Å². The van der Waals surface area contributed by atoms with Crippen LogP contribution >= 0.6 is 15.9 Å². The molecule has 1 fully saturated rings. The summed E-state index contributed by atoms with van der Waals surface area (Å²) in [6.07, 6.45) is 6.56. The van der Waals surface area contributed by atoms with Crippen molar-refractivity contribution in [1.82, 2.24) is 4.98 Å². The van der Waals surface area contributed by atoms with E-state index in [-0.39, 0.29) is 5.54 Å². The molecule has 2 aromatic rings. The Balaban J connectivity index is 1.90. The van der Waals surface area contributed by atoms with E-state index in [9.17, 15) is 0 Å². The Labute approximate surface area is 103 Å². The number of nitrogens with one attached hydrogen (secondary N) is 1. The molecular formula is C13H15BrN2. The third-order valence-corrected chi connectivity index (χ3v) is 4.19. The molecule has 0 spiro atoms. The average Bonchev–Trinajstić information content (AvgIpc) is 2.90. The van der Waals surface area contributed by atoms with Gasteiger partial charge in [-0.05, 0) is 47.2 Å². The number of aromatic amines is 1. The number of fused-ring (bicyclic) bond motifs is 1. The van der Waals surface area contributed by atoms with Crippen LogP contribution in [0.3, 0.4) is 0 Å². The largest absolute Gasteiger partial charge is 0.360 e. The molecule has 1 aliphatic rings. The molecule has 0 unspecified atom stereocenters. The lowest BCUT2D eigenvalue weighted by atomic mass is 10.0. The normalized spacial score (nSPS) is 17.9. The molecule has 0 atom stereocenters. The first-order chi connectivity index (χ1) is 7.68. The van der Waals surface area contributed by atoms with E-state index in [1.165, 1.54) is 29.3 Å². The van der Waals surface area contributed by atoms with Crippen LogP contribution in [0, 0.1) is 0 Å². The highest BCUT2D eigenvalue weighted by Crippen LogP contribution is 2.37. The number of aryl methyl sites for hydroxylation is 1. The second-order valence-corrected chi connectivity index (χ2v) is 5.69. The van der Waals surface area contributed by atoms with Crippen LogP contribution in [0.5, 0.6) is 0 Å². The van der Waals surface area contributed by atoms with Crippen molar-refractivity contribution in [3.63, 3.8) is 0 Å². The van der Waals surface area contributed by atoms with Crippen LogP contribution in [0.25, 0.3) is 10.9 Å². The van der Waals surface area contributed by atoms with Crippen LogP contribution in [-0.2, 0) is 6.42 Å². The summed E-state index contributed by atoms with van der Waals surface area (Å²) < 4.78 is 1.14. The first-order valence-electron chi connectivity index (χ1n) is 5.71. The second kappa shape index (κ2) is 3.60. The molecule has 0 radical (unpaired) electrons. The maximum absolute atomic E-state index is 6.12. The Kier molecular flexibility index (Phi) is 2.33. The van der Waals surface area contributed by atoms with Gasteiger partial charge in [-0.15, -0.1) is 0 Å². The SMILES string of the molecule is NC1(CCc2cccc3c(Br)c[nH]c23)CC1. The van der Waals surface area contributed by atoms with Gasteiger partial charge in [0.15, 0.2) is 0 Å². The molecule has 1 heterocycles. The van der Waals surface area contributed by atoms with Crippen molar-refractivity contribution in [3.8, 4) is 0 Å². The Morgan fingerprint density at radius 3 is 2.94 bits per heavy atom. The van der Waals surface area contributed by atoms with E-state index >= 15 is 0 Å². The first-order valence-corrected chi connectivity index (χ1v) is 6.51. The molecule has 0 aliphatic heterocycles. The standard InChI is InChI=1S/C13H15BrN2/c14-11-8-16-12-9(2-1-3-10(11)12)4-5-13(15)6-7-13/h1-3,8,16H,4-7,15H2. The number of rotatable bonds is 3. The minimum Gasteiger partial charge on any atom is -0.360 e. The van der Waals surface area contributed by atoms with E-state index in [1.807, 2.05) is 6.20 Å². The zero-order chi connectivity index (χ0) is 11.2. The molecule has 2 nitrogen and oxygen atoms in total. The van der Waals surface area contributed by atoms with Crippen LogP contribution in [0.4, 0.5) is 0 Å². The summed E-state index contributed by atoms with van der Waals surface area (Å²) in [5, 5.41) is 1.26. The zero-order valence-electron chi connectivity index (χ0n) is 9.09. The quantitative estimate of drug-likeness (QED) is 0.888. The van der Waals surface area contributed by atoms with Gasteiger partial charge >= 0.3 is 0 Å². The predicted molar refractivity (Wildman–Crippen MR) is 70.5 cm³/mol. The van der Waals surface area contributed by atoms with Crippen molar-refractivity contribution >= 4 is 26.8 Å². The Hall–Kier alpha value is -0.800. The maximum Gasteiger partial charge on any atom is 0.0498 e. The summed E-state index contributed by atoms with van der Waals surface area (Å²) >= 11 is 3.55. The monoisotopic (exact) mass is 278 g/mol. The summed E-state index contributed by atoms with van der Waals surface area (Å²) in [5.41, 5.74) is 8.89. The van der Waals surface area contributed by atoms with Gasteiger partial charge in [-0.25, -0.2) is 0 Å². The average molecular weight is 279 g/mol. The lowest BCUT2D eigenvalue weighted by Gasteiger charge is -2.08. The zero-order valence-corrected chi connectivity index (χ0v) is 10.7. The minimum absolute atomic E-state index is 0.145. The summed E-state index contributed by atoms with van der Waals surface area (Å²) in [6, 6.07) is 6.44. The van der Waals surface area contributed by atoms with Gasteiger partial charge in [-0.3, -0.25) is 0 Å². The number of para-hydroxylation sites is 1. The molecule has 1 aromatic carbocycles. The van der Waals surface area contributed by atoms with Gasteiger partial charge in [0.2, 0.25) is 0 Å². The molecule has 3 N–H and O–H groups in total. The third-order valence-electron chi connectivity index (χ3n) is 3.54. The number of benzene rings is 1. The fraction of sp³-hybridized carbons (Fsp3) is 0.385. The molecule has 3 heteroatoms. The van der Waals surface area contributed by atoms with Gasteiger partial charge in [0.1, 0.15) is 0 Å². The number of hydrogen-bond donors (Lipinski definition) is 2.